The molecule has 0 amide bonds. The summed E-state index contributed by atoms with van der Waals surface area (Å²) in [5.74, 6) is 0. The summed E-state index contributed by atoms with van der Waals surface area (Å²) in [7, 11) is 0. The number of benzene rings is 7. The Hall–Kier alpha value is -5.64. The third kappa shape index (κ3) is 3.56. The van der Waals surface area contributed by atoms with E-state index < -0.39 is 0 Å². The molecule has 10 aromatic rings. The van der Waals surface area contributed by atoms with Crippen molar-refractivity contribution in [3.63, 3.8) is 0 Å². The molecule has 0 atom stereocenters. The van der Waals surface area contributed by atoms with E-state index in [0.29, 0.717) is 0 Å². The lowest BCUT2D eigenvalue weighted by Gasteiger charge is -2.09. The molecule has 0 saturated heterocycles. The van der Waals surface area contributed by atoms with Gasteiger partial charge in [0.05, 0.1) is 16.7 Å². The summed E-state index contributed by atoms with van der Waals surface area (Å²) in [6.07, 6.45) is 0. The fourth-order valence-electron chi connectivity index (χ4n) is 7.21. The molecule has 2 nitrogen and oxygen atoms in total. The average Bonchev–Trinajstić information content (AvgIpc) is 3.78. The van der Waals surface area contributed by atoms with Gasteiger partial charge >= 0.3 is 0 Å². The first-order valence-corrected chi connectivity index (χ1v) is 16.1. The Bertz CT molecular complexity index is 2710. The second kappa shape index (κ2) is 9.43. The molecule has 0 aliphatic rings. The number of nitrogens with zero attached hydrogens (tertiary/aromatic N) is 1. The normalized spacial score (nSPS) is 12.0. The smallest absolute Gasteiger partial charge is 0.159 e. The summed E-state index contributed by atoms with van der Waals surface area (Å²) in [4.78, 5) is 0. The van der Waals surface area contributed by atoms with E-state index in [0.717, 1.165) is 38.8 Å². The lowest BCUT2D eigenvalue weighted by atomic mass is 9.95. The van der Waals surface area contributed by atoms with Crippen molar-refractivity contribution in [2.24, 2.45) is 0 Å². The quantitative estimate of drug-likeness (QED) is 0.200. The number of hydrogen-bond donors (Lipinski definition) is 0. The number of aromatic nitrogens is 1. The molecule has 10 rings (SSSR count). The number of hydrogen-bond acceptors (Lipinski definition) is 2. The first kappa shape index (κ1) is 24.8. The molecule has 0 spiro atoms. The molecular weight excluding hydrogens is 567 g/mol. The topological polar surface area (TPSA) is 18.1 Å². The Morgan fingerprint density at radius 2 is 1.07 bits per heavy atom. The van der Waals surface area contributed by atoms with Crippen LogP contribution in [0.1, 0.15) is 0 Å². The number of rotatable bonds is 3. The molecule has 210 valence electrons. The summed E-state index contributed by atoms with van der Waals surface area (Å²) in [5.41, 5.74) is 9.90. The van der Waals surface area contributed by atoms with Gasteiger partial charge in [0.2, 0.25) is 0 Å². The van der Waals surface area contributed by atoms with Gasteiger partial charge in [-0.3, -0.25) is 0 Å². The molecular formula is C42H25NOS. The fourth-order valence-corrected chi connectivity index (χ4v) is 8.44. The molecule has 7 aromatic carbocycles. The highest BCUT2D eigenvalue weighted by Crippen LogP contribution is 2.45. The van der Waals surface area contributed by atoms with Gasteiger partial charge in [-0.15, -0.1) is 11.3 Å². The zero-order chi connectivity index (χ0) is 29.5. The van der Waals surface area contributed by atoms with Crippen LogP contribution in [0, 0.1) is 0 Å². The van der Waals surface area contributed by atoms with E-state index in [2.05, 4.69) is 156 Å². The van der Waals surface area contributed by atoms with Gasteiger partial charge < -0.3 is 8.98 Å². The molecule has 0 fully saturated rings. The van der Waals surface area contributed by atoms with Gasteiger partial charge in [-0.25, -0.2) is 0 Å². The van der Waals surface area contributed by atoms with Gasteiger partial charge in [-0.05, 0) is 53.1 Å². The van der Waals surface area contributed by atoms with Crippen molar-refractivity contribution < 1.29 is 4.42 Å². The van der Waals surface area contributed by atoms with E-state index in [1.807, 2.05) is 11.3 Å². The zero-order valence-electron chi connectivity index (χ0n) is 24.2. The third-order valence-corrected chi connectivity index (χ3v) is 10.4. The van der Waals surface area contributed by atoms with E-state index in [4.69, 9.17) is 4.42 Å². The Kier molecular flexibility index (Phi) is 5.19. The first-order chi connectivity index (χ1) is 22.3. The first-order valence-electron chi connectivity index (χ1n) is 15.3. The second-order valence-electron chi connectivity index (χ2n) is 11.7. The van der Waals surface area contributed by atoms with Crippen LogP contribution >= 0.6 is 11.3 Å². The predicted octanol–water partition coefficient (Wildman–Crippen LogP) is 12.4. The van der Waals surface area contributed by atoms with E-state index >= 15 is 0 Å². The summed E-state index contributed by atoms with van der Waals surface area (Å²) >= 11 is 1.87. The van der Waals surface area contributed by atoms with Crippen LogP contribution in [0.2, 0.25) is 0 Å². The van der Waals surface area contributed by atoms with Crippen molar-refractivity contribution in [3.05, 3.63) is 152 Å². The lowest BCUT2D eigenvalue weighted by molar-refractivity contribution is 0.667. The van der Waals surface area contributed by atoms with Crippen LogP contribution in [0.5, 0.6) is 0 Å². The average molecular weight is 592 g/mol. The van der Waals surface area contributed by atoms with E-state index in [-0.39, 0.29) is 0 Å². The highest BCUT2D eigenvalue weighted by Gasteiger charge is 2.21. The maximum Gasteiger partial charge on any atom is 0.159 e. The van der Waals surface area contributed by atoms with Crippen molar-refractivity contribution in [1.29, 1.82) is 0 Å². The van der Waals surface area contributed by atoms with Gasteiger partial charge in [-0.2, -0.15) is 0 Å². The predicted molar refractivity (Wildman–Crippen MR) is 192 cm³/mol. The Labute approximate surface area is 263 Å². The van der Waals surface area contributed by atoms with Crippen LogP contribution in [-0.2, 0) is 0 Å². The monoisotopic (exact) mass is 591 g/mol. The van der Waals surface area contributed by atoms with Crippen molar-refractivity contribution >= 4 is 75.3 Å². The Morgan fingerprint density at radius 1 is 0.422 bits per heavy atom. The van der Waals surface area contributed by atoms with Gasteiger partial charge in [0.1, 0.15) is 5.58 Å². The maximum atomic E-state index is 7.00. The number of thiophene rings is 1. The standard InChI is InChI=1S/C42H25NOS/c1-2-12-26(13-3-1)34-24-27(28-17-10-19-33-31-16-6-9-23-39(31)45-42(28)33)25-35-32-18-11-22-38(41(32)44-40(34)35)43-36-20-7-4-14-29(36)30-15-5-8-21-37(30)43/h1-25H. The van der Waals surface area contributed by atoms with Crippen LogP contribution < -0.4 is 0 Å². The fraction of sp³-hybridized carbons (Fsp3) is 0. The molecule has 0 unspecified atom stereocenters. The van der Waals surface area contributed by atoms with Crippen LogP contribution in [0.15, 0.2) is 156 Å². The highest BCUT2D eigenvalue weighted by atomic mass is 32.1. The van der Waals surface area contributed by atoms with Crippen molar-refractivity contribution in [2.45, 2.75) is 0 Å². The second-order valence-corrected chi connectivity index (χ2v) is 12.7. The zero-order valence-corrected chi connectivity index (χ0v) is 25.0. The minimum absolute atomic E-state index is 0.897. The molecule has 0 saturated carbocycles. The molecule has 3 heteroatoms. The summed E-state index contributed by atoms with van der Waals surface area (Å²) in [6.45, 7) is 0. The SMILES string of the molecule is c1ccc(-c2cc(-c3cccc4c3sc3ccccc34)cc3c2oc2c(-n4c5ccccc5c5ccccc54)cccc23)cc1. The summed E-state index contributed by atoms with van der Waals surface area (Å²) < 4.78 is 12.0. The van der Waals surface area contributed by atoms with Crippen LogP contribution in [0.25, 0.3) is 91.9 Å². The molecule has 0 radical (unpaired) electrons. The molecule has 0 bridgehead atoms. The largest absolute Gasteiger partial charge is 0.453 e. The maximum absolute atomic E-state index is 7.00. The molecule has 45 heavy (non-hydrogen) atoms. The van der Waals surface area contributed by atoms with Gasteiger partial charge in [-0.1, -0.05) is 115 Å². The summed E-state index contributed by atoms with van der Waals surface area (Å²) in [6, 6.07) is 54.6. The minimum atomic E-state index is 0.897. The van der Waals surface area contributed by atoms with Crippen molar-refractivity contribution in [1.82, 2.24) is 4.57 Å². The van der Waals surface area contributed by atoms with Crippen molar-refractivity contribution in [3.8, 4) is 27.9 Å². The molecule has 3 aromatic heterocycles. The van der Waals surface area contributed by atoms with Gasteiger partial charge in [0, 0.05) is 47.3 Å². The van der Waals surface area contributed by atoms with E-state index in [1.165, 1.54) is 53.1 Å². The molecule has 0 N–H and O–H groups in total. The summed E-state index contributed by atoms with van der Waals surface area (Å²) in [5, 5.41) is 7.34. The Morgan fingerprint density at radius 3 is 1.87 bits per heavy atom. The van der Waals surface area contributed by atoms with Gasteiger partial charge in [0.15, 0.2) is 5.58 Å². The number of para-hydroxylation sites is 3. The third-order valence-electron chi connectivity index (χ3n) is 9.20. The highest BCUT2D eigenvalue weighted by molar-refractivity contribution is 7.26. The minimum Gasteiger partial charge on any atom is -0.453 e. The van der Waals surface area contributed by atoms with Crippen molar-refractivity contribution in [2.75, 3.05) is 0 Å². The molecule has 3 heterocycles. The van der Waals surface area contributed by atoms with E-state index in [9.17, 15) is 0 Å². The van der Waals surface area contributed by atoms with Crippen LogP contribution in [0.4, 0.5) is 0 Å². The van der Waals surface area contributed by atoms with Crippen LogP contribution in [0.3, 0.4) is 0 Å². The Balaban J connectivity index is 1.31. The number of furan rings is 1. The van der Waals surface area contributed by atoms with Crippen LogP contribution in [-0.4, -0.2) is 4.57 Å². The number of fused-ring (bicyclic) bond motifs is 9. The van der Waals surface area contributed by atoms with E-state index in [1.54, 1.807) is 0 Å². The molecule has 0 aliphatic heterocycles. The lowest BCUT2D eigenvalue weighted by Crippen LogP contribution is -1.93. The molecule has 0 aliphatic carbocycles. The van der Waals surface area contributed by atoms with Gasteiger partial charge in [0.25, 0.3) is 0 Å².